The van der Waals surface area contributed by atoms with Crippen LogP contribution in [0.25, 0.3) is 0 Å². The van der Waals surface area contributed by atoms with Gasteiger partial charge in [0.1, 0.15) is 4.88 Å². The number of aromatic carboxylic acids is 1. The number of carbonyl (C=O) groups is 1. The highest BCUT2D eigenvalue weighted by Gasteiger charge is 2.19. The summed E-state index contributed by atoms with van der Waals surface area (Å²) < 4.78 is 0. The zero-order chi connectivity index (χ0) is 13.8. The third-order valence-corrected chi connectivity index (χ3v) is 4.48. The van der Waals surface area contributed by atoms with E-state index in [0.717, 1.165) is 44.3 Å². The van der Waals surface area contributed by atoms with Crippen LogP contribution in [0.15, 0.2) is 12.1 Å². The summed E-state index contributed by atoms with van der Waals surface area (Å²) in [6.45, 7) is 6.25. The van der Waals surface area contributed by atoms with E-state index in [2.05, 4.69) is 28.8 Å². The van der Waals surface area contributed by atoms with E-state index in [1.54, 1.807) is 6.07 Å². The van der Waals surface area contributed by atoms with Gasteiger partial charge in [-0.3, -0.25) is 4.90 Å². The van der Waals surface area contributed by atoms with Crippen LogP contribution in [-0.2, 0) is 0 Å². The molecule has 0 amide bonds. The molecule has 1 fully saturated rings. The van der Waals surface area contributed by atoms with Gasteiger partial charge in [-0.15, -0.1) is 11.3 Å². The third-order valence-electron chi connectivity index (χ3n) is 3.35. The van der Waals surface area contributed by atoms with Gasteiger partial charge in [0.05, 0.1) is 5.00 Å². The Morgan fingerprint density at radius 2 is 2.00 bits per heavy atom. The number of rotatable bonds is 5. The van der Waals surface area contributed by atoms with Gasteiger partial charge in [0.15, 0.2) is 0 Å². The van der Waals surface area contributed by atoms with Crippen molar-refractivity contribution in [3.05, 3.63) is 17.0 Å². The van der Waals surface area contributed by atoms with Crippen LogP contribution in [0, 0.1) is 0 Å². The van der Waals surface area contributed by atoms with E-state index in [1.807, 2.05) is 6.07 Å². The lowest BCUT2D eigenvalue weighted by atomic mass is 10.3. The van der Waals surface area contributed by atoms with Gasteiger partial charge in [-0.25, -0.2) is 4.79 Å². The van der Waals surface area contributed by atoms with Crippen LogP contribution >= 0.6 is 11.3 Å². The molecule has 6 heteroatoms. The number of carboxylic acid groups (broad SMARTS) is 1. The lowest BCUT2D eigenvalue weighted by Crippen LogP contribution is -2.47. The molecule has 1 aromatic rings. The number of hydrogen-bond donors (Lipinski definition) is 1. The molecule has 0 saturated carbocycles. The molecular weight excluding hydrogens is 262 g/mol. The molecule has 1 aromatic heterocycles. The predicted molar refractivity (Wildman–Crippen MR) is 78.5 cm³/mol. The fourth-order valence-corrected chi connectivity index (χ4v) is 3.04. The standard InChI is InChI=1S/C13H21N3O2S/c1-14(2)5-6-15-7-9-16(10-8-15)12-4-3-11(19-12)13(17)18/h3-4H,5-10H2,1-2H3,(H,17,18). The zero-order valence-corrected chi connectivity index (χ0v) is 12.3. The maximum absolute atomic E-state index is 10.9. The van der Waals surface area contributed by atoms with E-state index in [4.69, 9.17) is 5.11 Å². The summed E-state index contributed by atoms with van der Waals surface area (Å²) in [5, 5.41) is 10.0. The second-order valence-corrected chi connectivity index (χ2v) is 6.14. The predicted octanol–water partition coefficient (Wildman–Crippen LogP) is 1.13. The topological polar surface area (TPSA) is 47.0 Å². The molecule has 2 heterocycles. The van der Waals surface area contributed by atoms with Gasteiger partial charge in [-0.05, 0) is 26.2 Å². The summed E-state index contributed by atoms with van der Waals surface area (Å²) in [5.41, 5.74) is 0. The van der Waals surface area contributed by atoms with Gasteiger partial charge < -0.3 is 14.9 Å². The van der Waals surface area contributed by atoms with Gasteiger partial charge in [0, 0.05) is 39.3 Å². The minimum atomic E-state index is -0.833. The molecule has 1 aliphatic rings. The molecule has 2 rings (SSSR count). The average molecular weight is 283 g/mol. The maximum Gasteiger partial charge on any atom is 0.345 e. The summed E-state index contributed by atoms with van der Waals surface area (Å²) in [7, 11) is 4.19. The lowest BCUT2D eigenvalue weighted by molar-refractivity contribution is 0.0702. The molecule has 0 aliphatic carbocycles. The number of piperazine rings is 1. The van der Waals surface area contributed by atoms with Crippen molar-refractivity contribution < 1.29 is 9.90 Å². The normalized spacial score (nSPS) is 17.1. The van der Waals surface area contributed by atoms with E-state index >= 15 is 0 Å². The summed E-state index contributed by atoms with van der Waals surface area (Å²) >= 11 is 1.37. The molecule has 0 atom stereocenters. The molecule has 1 aliphatic heterocycles. The van der Waals surface area contributed by atoms with Crippen LogP contribution in [0.3, 0.4) is 0 Å². The largest absolute Gasteiger partial charge is 0.477 e. The average Bonchev–Trinajstić information content (AvgIpc) is 2.86. The van der Waals surface area contributed by atoms with Crippen molar-refractivity contribution >= 4 is 22.3 Å². The van der Waals surface area contributed by atoms with Crippen molar-refractivity contribution in [3.63, 3.8) is 0 Å². The molecule has 0 bridgehead atoms. The highest BCUT2D eigenvalue weighted by molar-refractivity contribution is 7.17. The second-order valence-electron chi connectivity index (χ2n) is 5.08. The first-order chi connectivity index (χ1) is 9.06. The van der Waals surface area contributed by atoms with Crippen LogP contribution in [0.2, 0.25) is 0 Å². The van der Waals surface area contributed by atoms with Crippen molar-refractivity contribution in [1.29, 1.82) is 0 Å². The van der Waals surface area contributed by atoms with Crippen LogP contribution in [-0.4, -0.2) is 74.2 Å². The lowest BCUT2D eigenvalue weighted by Gasteiger charge is -2.35. The van der Waals surface area contributed by atoms with Gasteiger partial charge in [-0.1, -0.05) is 0 Å². The van der Waals surface area contributed by atoms with Gasteiger partial charge in [-0.2, -0.15) is 0 Å². The van der Waals surface area contributed by atoms with E-state index in [1.165, 1.54) is 11.3 Å². The fraction of sp³-hybridized carbons (Fsp3) is 0.615. The monoisotopic (exact) mass is 283 g/mol. The Hall–Kier alpha value is -1.11. The molecule has 1 N–H and O–H groups in total. The van der Waals surface area contributed by atoms with Crippen molar-refractivity contribution in [2.24, 2.45) is 0 Å². The first kappa shape index (κ1) is 14.3. The smallest absolute Gasteiger partial charge is 0.345 e. The Labute approximate surface area is 118 Å². The van der Waals surface area contributed by atoms with Crippen molar-refractivity contribution in [1.82, 2.24) is 9.80 Å². The van der Waals surface area contributed by atoms with Crippen LogP contribution in [0.5, 0.6) is 0 Å². The quantitative estimate of drug-likeness (QED) is 0.878. The number of likely N-dealkylation sites (N-methyl/N-ethyl adjacent to an activating group) is 1. The Kier molecular flexibility index (Phi) is 4.79. The SMILES string of the molecule is CN(C)CCN1CCN(c2ccc(C(=O)O)s2)CC1. The molecule has 19 heavy (non-hydrogen) atoms. The Balaban J connectivity index is 1.83. The number of carboxylic acids is 1. The van der Waals surface area contributed by atoms with E-state index in [-0.39, 0.29) is 0 Å². The molecule has 1 saturated heterocycles. The number of hydrogen-bond acceptors (Lipinski definition) is 5. The van der Waals surface area contributed by atoms with E-state index in [9.17, 15) is 4.79 Å². The van der Waals surface area contributed by atoms with Gasteiger partial charge in [0.25, 0.3) is 0 Å². The first-order valence-corrected chi connectivity index (χ1v) is 7.33. The Morgan fingerprint density at radius 1 is 1.32 bits per heavy atom. The van der Waals surface area contributed by atoms with Crippen molar-refractivity contribution in [2.75, 3.05) is 58.3 Å². The van der Waals surface area contributed by atoms with E-state index < -0.39 is 5.97 Å². The maximum atomic E-state index is 10.9. The molecule has 106 valence electrons. The molecule has 0 aromatic carbocycles. The highest BCUT2D eigenvalue weighted by atomic mass is 32.1. The summed E-state index contributed by atoms with van der Waals surface area (Å²) in [6.07, 6.45) is 0. The minimum absolute atomic E-state index is 0.421. The molecule has 0 radical (unpaired) electrons. The molecule has 0 spiro atoms. The number of nitrogens with zero attached hydrogens (tertiary/aromatic N) is 3. The summed E-state index contributed by atoms with van der Waals surface area (Å²) in [4.78, 5) is 18.2. The van der Waals surface area contributed by atoms with Crippen molar-refractivity contribution in [2.45, 2.75) is 0 Å². The Bertz CT molecular complexity index is 425. The van der Waals surface area contributed by atoms with Gasteiger partial charge in [0.2, 0.25) is 0 Å². The highest BCUT2D eigenvalue weighted by Crippen LogP contribution is 2.26. The fourth-order valence-electron chi connectivity index (χ4n) is 2.15. The van der Waals surface area contributed by atoms with Crippen LogP contribution in [0.1, 0.15) is 9.67 Å². The number of anilines is 1. The van der Waals surface area contributed by atoms with Gasteiger partial charge >= 0.3 is 5.97 Å². The van der Waals surface area contributed by atoms with E-state index in [0.29, 0.717) is 4.88 Å². The summed E-state index contributed by atoms with van der Waals surface area (Å²) in [5.74, 6) is -0.833. The van der Waals surface area contributed by atoms with Crippen molar-refractivity contribution in [3.8, 4) is 0 Å². The summed E-state index contributed by atoms with van der Waals surface area (Å²) in [6, 6.07) is 3.62. The molecule has 5 nitrogen and oxygen atoms in total. The van der Waals surface area contributed by atoms with Crippen LogP contribution < -0.4 is 4.90 Å². The zero-order valence-electron chi connectivity index (χ0n) is 11.5. The third kappa shape index (κ3) is 3.92. The first-order valence-electron chi connectivity index (χ1n) is 6.51. The number of thiophene rings is 1. The van der Waals surface area contributed by atoms with Crippen LogP contribution in [0.4, 0.5) is 5.00 Å². The Morgan fingerprint density at radius 3 is 2.53 bits per heavy atom. The molecule has 0 unspecified atom stereocenters. The minimum Gasteiger partial charge on any atom is -0.477 e. The molecular formula is C13H21N3O2S. The second kappa shape index (κ2) is 6.36.